The Kier molecular flexibility index (Phi) is 3.28. The van der Waals surface area contributed by atoms with E-state index in [4.69, 9.17) is 0 Å². The molecule has 3 rings (SSSR count). The minimum atomic E-state index is 0.961. The number of nitrogens with one attached hydrogen (secondary N) is 1. The number of aromatic nitrogens is 3. The van der Waals surface area contributed by atoms with E-state index in [1.54, 1.807) is 11.8 Å². The third kappa shape index (κ3) is 2.54. The van der Waals surface area contributed by atoms with E-state index < -0.39 is 0 Å². The summed E-state index contributed by atoms with van der Waals surface area (Å²) in [5.74, 6) is 0.983. The molecule has 0 bridgehead atoms. The summed E-state index contributed by atoms with van der Waals surface area (Å²) in [6.07, 6.45) is 2.80. The molecule has 3 nitrogen and oxygen atoms in total. The summed E-state index contributed by atoms with van der Waals surface area (Å²) in [7, 11) is 0. The highest BCUT2D eigenvalue weighted by atomic mass is 32.2. The molecule has 1 N–H and O–H groups in total. The fourth-order valence-corrected chi connectivity index (χ4v) is 2.65. The monoisotopic (exact) mass is 255 g/mol. The van der Waals surface area contributed by atoms with Crippen LogP contribution in [0.15, 0.2) is 53.8 Å². The largest absolute Gasteiger partial charge is 0.333 e. The number of hydrogen-bond donors (Lipinski definition) is 1. The van der Waals surface area contributed by atoms with Gasteiger partial charge in [-0.2, -0.15) is 0 Å². The second-order valence-electron chi connectivity index (χ2n) is 3.98. The van der Waals surface area contributed by atoms with Crippen molar-refractivity contribution in [2.45, 2.75) is 11.6 Å². The van der Waals surface area contributed by atoms with E-state index in [-0.39, 0.29) is 0 Å². The zero-order valence-electron chi connectivity index (χ0n) is 9.84. The van der Waals surface area contributed by atoms with Crippen LogP contribution in [0.25, 0.3) is 11.0 Å². The van der Waals surface area contributed by atoms with Crippen LogP contribution in [0.2, 0.25) is 0 Å². The number of H-pyrrole nitrogens is 1. The van der Waals surface area contributed by atoms with E-state index in [9.17, 15) is 0 Å². The van der Waals surface area contributed by atoms with Gasteiger partial charge in [-0.25, -0.2) is 4.98 Å². The Bertz CT molecular complexity index is 601. The first-order chi connectivity index (χ1) is 8.92. The molecule has 0 saturated carbocycles. The minimum Gasteiger partial charge on any atom is -0.333 e. The van der Waals surface area contributed by atoms with Gasteiger partial charge in [-0.1, -0.05) is 30.0 Å². The number of imidazole rings is 1. The smallest absolute Gasteiger partial charge is 0.166 e. The summed E-state index contributed by atoms with van der Waals surface area (Å²) in [6, 6.07) is 14.1. The molecule has 0 amide bonds. The van der Waals surface area contributed by atoms with E-state index in [0.717, 1.165) is 34.1 Å². The molecule has 90 valence electrons. The molecule has 0 atom stereocenters. The number of aryl methyl sites for hydroxylation is 1. The van der Waals surface area contributed by atoms with E-state index in [0.29, 0.717) is 0 Å². The maximum absolute atomic E-state index is 4.53. The molecule has 0 aliphatic heterocycles. The van der Waals surface area contributed by atoms with Crippen molar-refractivity contribution in [1.29, 1.82) is 0 Å². The van der Waals surface area contributed by atoms with Crippen LogP contribution < -0.4 is 0 Å². The van der Waals surface area contributed by atoms with Gasteiger partial charge in [0, 0.05) is 17.6 Å². The maximum atomic E-state index is 4.53. The second kappa shape index (κ2) is 5.23. The highest BCUT2D eigenvalue weighted by Crippen LogP contribution is 2.19. The van der Waals surface area contributed by atoms with Crippen LogP contribution in [0.5, 0.6) is 0 Å². The fourth-order valence-electron chi connectivity index (χ4n) is 1.80. The van der Waals surface area contributed by atoms with Crippen molar-refractivity contribution < 1.29 is 0 Å². The standard InChI is InChI=1S/C14H13N3S/c1-2-7-13-12(6-1)16-14(17-13)18-10-8-11-5-3-4-9-15-11/h1-7,9H,8,10H2,(H,16,17). The van der Waals surface area contributed by atoms with Gasteiger partial charge < -0.3 is 4.98 Å². The Morgan fingerprint density at radius 1 is 1.06 bits per heavy atom. The molecule has 0 saturated heterocycles. The maximum Gasteiger partial charge on any atom is 0.166 e. The fraction of sp³-hybridized carbons (Fsp3) is 0.143. The first-order valence-corrected chi connectivity index (χ1v) is 6.88. The number of pyridine rings is 1. The lowest BCUT2D eigenvalue weighted by molar-refractivity contribution is 1.03. The third-order valence-corrected chi connectivity index (χ3v) is 3.57. The average molecular weight is 255 g/mol. The molecule has 0 spiro atoms. The Morgan fingerprint density at radius 2 is 1.94 bits per heavy atom. The first-order valence-electron chi connectivity index (χ1n) is 5.89. The molecule has 0 aliphatic carbocycles. The quantitative estimate of drug-likeness (QED) is 0.727. The van der Waals surface area contributed by atoms with Gasteiger partial charge in [-0.15, -0.1) is 0 Å². The highest BCUT2D eigenvalue weighted by Gasteiger charge is 2.02. The summed E-state index contributed by atoms with van der Waals surface area (Å²) in [6.45, 7) is 0. The van der Waals surface area contributed by atoms with E-state index >= 15 is 0 Å². The number of thioether (sulfide) groups is 1. The van der Waals surface area contributed by atoms with Crippen molar-refractivity contribution in [3.63, 3.8) is 0 Å². The second-order valence-corrected chi connectivity index (χ2v) is 5.06. The van der Waals surface area contributed by atoms with E-state index in [2.05, 4.69) is 21.0 Å². The minimum absolute atomic E-state index is 0.961. The lowest BCUT2D eigenvalue weighted by atomic mass is 10.3. The van der Waals surface area contributed by atoms with Crippen molar-refractivity contribution in [2.24, 2.45) is 0 Å². The van der Waals surface area contributed by atoms with Crippen molar-refractivity contribution in [3.05, 3.63) is 54.4 Å². The number of benzene rings is 1. The first kappa shape index (κ1) is 11.3. The SMILES string of the molecule is c1ccc(CCSc2nc3ccccc3[nH]2)nc1. The van der Waals surface area contributed by atoms with Crippen molar-refractivity contribution in [1.82, 2.24) is 15.0 Å². The predicted molar refractivity (Wildman–Crippen MR) is 74.8 cm³/mol. The molecular formula is C14H13N3S. The van der Waals surface area contributed by atoms with Gasteiger partial charge in [-0.05, 0) is 30.7 Å². The lowest BCUT2D eigenvalue weighted by Gasteiger charge is -1.98. The molecule has 1 aromatic carbocycles. The van der Waals surface area contributed by atoms with Gasteiger partial charge in [0.1, 0.15) is 0 Å². The number of para-hydroxylation sites is 2. The molecule has 2 aromatic heterocycles. The lowest BCUT2D eigenvalue weighted by Crippen LogP contribution is -1.91. The molecule has 0 fully saturated rings. The topological polar surface area (TPSA) is 41.6 Å². The Morgan fingerprint density at radius 3 is 2.78 bits per heavy atom. The zero-order chi connectivity index (χ0) is 12.2. The number of hydrogen-bond acceptors (Lipinski definition) is 3. The molecule has 18 heavy (non-hydrogen) atoms. The number of aromatic amines is 1. The molecule has 0 radical (unpaired) electrons. The number of nitrogens with zero attached hydrogens (tertiary/aromatic N) is 2. The predicted octanol–water partition coefficient (Wildman–Crippen LogP) is 3.29. The molecule has 0 aliphatic rings. The number of fused-ring (bicyclic) bond motifs is 1. The molecule has 3 aromatic rings. The van der Waals surface area contributed by atoms with E-state index in [1.807, 2.05) is 42.6 Å². The van der Waals surface area contributed by atoms with Gasteiger partial charge in [-0.3, -0.25) is 4.98 Å². The summed E-state index contributed by atoms with van der Waals surface area (Å²) >= 11 is 1.73. The van der Waals surface area contributed by atoms with Gasteiger partial charge in [0.15, 0.2) is 5.16 Å². The summed E-state index contributed by atoms with van der Waals surface area (Å²) in [5, 5.41) is 0.979. The average Bonchev–Trinajstić information content (AvgIpc) is 2.82. The highest BCUT2D eigenvalue weighted by molar-refractivity contribution is 7.99. The van der Waals surface area contributed by atoms with Gasteiger partial charge in [0.25, 0.3) is 0 Å². The van der Waals surface area contributed by atoms with Crippen molar-refractivity contribution in [3.8, 4) is 0 Å². The van der Waals surface area contributed by atoms with Gasteiger partial charge in [0.2, 0.25) is 0 Å². The van der Waals surface area contributed by atoms with E-state index in [1.165, 1.54) is 0 Å². The van der Waals surface area contributed by atoms with Crippen LogP contribution in [0.3, 0.4) is 0 Å². The van der Waals surface area contributed by atoms with Crippen molar-refractivity contribution in [2.75, 3.05) is 5.75 Å². The Hall–Kier alpha value is -1.81. The van der Waals surface area contributed by atoms with Crippen LogP contribution in [0.4, 0.5) is 0 Å². The van der Waals surface area contributed by atoms with Gasteiger partial charge in [0.05, 0.1) is 11.0 Å². The summed E-state index contributed by atoms with van der Waals surface area (Å²) in [4.78, 5) is 12.2. The van der Waals surface area contributed by atoms with Crippen molar-refractivity contribution >= 4 is 22.8 Å². The molecule has 2 heterocycles. The normalized spacial score (nSPS) is 10.9. The van der Waals surface area contributed by atoms with Crippen LogP contribution in [0.1, 0.15) is 5.69 Å². The summed E-state index contributed by atoms with van der Waals surface area (Å²) < 4.78 is 0. The zero-order valence-corrected chi connectivity index (χ0v) is 10.7. The molecular weight excluding hydrogens is 242 g/mol. The van der Waals surface area contributed by atoms with Crippen LogP contribution in [-0.2, 0) is 6.42 Å². The van der Waals surface area contributed by atoms with Crippen LogP contribution >= 0.6 is 11.8 Å². The Labute approximate surface area is 110 Å². The Balaban J connectivity index is 1.63. The molecule has 4 heteroatoms. The molecule has 0 unspecified atom stereocenters. The number of rotatable bonds is 4. The third-order valence-electron chi connectivity index (χ3n) is 2.69. The van der Waals surface area contributed by atoms with Crippen LogP contribution in [0, 0.1) is 0 Å². The summed E-state index contributed by atoms with van der Waals surface area (Å²) in [5.41, 5.74) is 3.25. The van der Waals surface area contributed by atoms with Gasteiger partial charge >= 0.3 is 0 Å². The van der Waals surface area contributed by atoms with Crippen LogP contribution in [-0.4, -0.2) is 20.7 Å².